The van der Waals surface area contributed by atoms with Crippen molar-refractivity contribution in [3.05, 3.63) is 11.7 Å². The summed E-state index contributed by atoms with van der Waals surface area (Å²) in [7, 11) is 0. The van der Waals surface area contributed by atoms with Gasteiger partial charge in [-0.25, -0.2) is 4.79 Å². The zero-order chi connectivity index (χ0) is 10.6. The molecular formula is C6H5F5O2. The lowest BCUT2D eigenvalue weighted by Crippen LogP contribution is -2.23. The van der Waals surface area contributed by atoms with Crippen molar-refractivity contribution in [2.45, 2.75) is 13.1 Å². The molecule has 0 aromatic rings. The summed E-state index contributed by atoms with van der Waals surface area (Å²) in [6.07, 6.45) is -8.48. The van der Waals surface area contributed by atoms with Gasteiger partial charge in [-0.3, -0.25) is 0 Å². The number of hydrogen-bond donors (Lipinski definition) is 0. The first kappa shape index (κ1) is 11.9. The topological polar surface area (TPSA) is 26.3 Å². The average molecular weight is 204 g/mol. The number of esters is 1. The van der Waals surface area contributed by atoms with Crippen LogP contribution in [0.2, 0.25) is 0 Å². The molecule has 0 heterocycles. The molecule has 0 saturated carbocycles. The van der Waals surface area contributed by atoms with Crippen molar-refractivity contribution in [1.82, 2.24) is 0 Å². The molecular weight excluding hydrogens is 199 g/mol. The van der Waals surface area contributed by atoms with Gasteiger partial charge in [-0.2, -0.15) is 22.0 Å². The number of carbonyl (C=O) groups excluding carboxylic acids is 1. The van der Waals surface area contributed by atoms with E-state index in [1.807, 2.05) is 0 Å². The summed E-state index contributed by atoms with van der Waals surface area (Å²) >= 11 is 0. The third kappa shape index (κ3) is 3.39. The van der Waals surface area contributed by atoms with Gasteiger partial charge in [-0.15, -0.1) is 0 Å². The van der Waals surface area contributed by atoms with Crippen LogP contribution in [-0.4, -0.2) is 18.8 Å². The highest BCUT2D eigenvalue weighted by molar-refractivity contribution is 5.90. The van der Waals surface area contributed by atoms with Crippen LogP contribution >= 0.6 is 0 Å². The lowest BCUT2D eigenvalue weighted by molar-refractivity contribution is -0.151. The Balaban J connectivity index is 4.87. The Kier molecular flexibility index (Phi) is 3.83. The maximum Gasteiger partial charge on any atom is 0.428 e. The Morgan fingerprint density at radius 1 is 1.31 bits per heavy atom. The lowest BCUT2D eigenvalue weighted by Gasteiger charge is -2.08. The minimum Gasteiger partial charge on any atom is -0.462 e. The van der Waals surface area contributed by atoms with E-state index in [9.17, 15) is 26.7 Å². The third-order valence-corrected chi connectivity index (χ3v) is 0.952. The highest BCUT2D eigenvalue weighted by Crippen LogP contribution is 2.30. The largest absolute Gasteiger partial charge is 0.462 e. The Bertz CT molecular complexity index is 226. The minimum absolute atomic E-state index is 0.397. The number of hydrogen-bond acceptors (Lipinski definition) is 2. The van der Waals surface area contributed by atoms with Crippen LogP contribution < -0.4 is 0 Å². The minimum atomic E-state index is -5.38. The zero-order valence-electron chi connectivity index (χ0n) is 6.41. The van der Waals surface area contributed by atoms with Gasteiger partial charge in [0.25, 0.3) is 6.08 Å². The molecule has 0 aliphatic carbocycles. The number of halogens is 5. The van der Waals surface area contributed by atoms with Gasteiger partial charge in [0.1, 0.15) is 0 Å². The standard InChI is InChI=1S/C6H5F5O2/c1-2-13-5(12)3(4(7)8)6(9,10)11/h2H2,1H3. The Morgan fingerprint density at radius 2 is 1.77 bits per heavy atom. The number of ether oxygens (including phenoxy) is 1. The third-order valence-electron chi connectivity index (χ3n) is 0.952. The first-order valence-corrected chi connectivity index (χ1v) is 3.10. The summed E-state index contributed by atoms with van der Waals surface area (Å²) < 4.78 is 62.2. The maximum absolute atomic E-state index is 11.7. The number of rotatable bonds is 2. The molecule has 2 nitrogen and oxygen atoms in total. The summed E-state index contributed by atoms with van der Waals surface area (Å²) in [5.41, 5.74) is -2.55. The summed E-state index contributed by atoms with van der Waals surface area (Å²) in [6, 6.07) is 0. The van der Waals surface area contributed by atoms with E-state index in [-0.39, 0.29) is 0 Å². The molecule has 0 unspecified atom stereocenters. The summed E-state index contributed by atoms with van der Waals surface area (Å²) in [5, 5.41) is 0. The molecule has 0 spiro atoms. The van der Waals surface area contributed by atoms with E-state index in [1.54, 1.807) is 0 Å². The second-order valence-corrected chi connectivity index (χ2v) is 1.85. The molecule has 0 amide bonds. The molecule has 0 aliphatic heterocycles. The van der Waals surface area contributed by atoms with Gasteiger partial charge in [0, 0.05) is 0 Å². The van der Waals surface area contributed by atoms with E-state index in [4.69, 9.17) is 0 Å². The van der Waals surface area contributed by atoms with E-state index in [1.165, 1.54) is 6.92 Å². The van der Waals surface area contributed by atoms with Crippen LogP contribution in [0.25, 0.3) is 0 Å². The SMILES string of the molecule is CCOC(=O)C(=C(F)F)C(F)(F)F. The van der Waals surface area contributed by atoms with Gasteiger partial charge in [-0.05, 0) is 6.92 Å². The monoisotopic (exact) mass is 204 g/mol. The Hall–Kier alpha value is -1.14. The molecule has 7 heteroatoms. The van der Waals surface area contributed by atoms with E-state index < -0.39 is 30.4 Å². The van der Waals surface area contributed by atoms with Crippen LogP contribution in [0.1, 0.15) is 6.92 Å². The molecule has 0 bridgehead atoms. The highest BCUT2D eigenvalue weighted by atomic mass is 19.4. The fourth-order valence-electron chi connectivity index (χ4n) is 0.503. The van der Waals surface area contributed by atoms with E-state index in [2.05, 4.69) is 4.74 Å². The number of alkyl halides is 3. The zero-order valence-corrected chi connectivity index (χ0v) is 6.41. The molecule has 13 heavy (non-hydrogen) atoms. The van der Waals surface area contributed by atoms with Crippen molar-refractivity contribution in [3.63, 3.8) is 0 Å². The van der Waals surface area contributed by atoms with Gasteiger partial charge in [0.2, 0.25) is 5.57 Å². The van der Waals surface area contributed by atoms with Crippen LogP contribution in [0.4, 0.5) is 22.0 Å². The van der Waals surface area contributed by atoms with Crippen LogP contribution in [0, 0.1) is 0 Å². The van der Waals surface area contributed by atoms with Gasteiger partial charge >= 0.3 is 12.1 Å². The molecule has 0 N–H and O–H groups in total. The fraction of sp³-hybridized carbons (Fsp3) is 0.500. The van der Waals surface area contributed by atoms with Gasteiger partial charge < -0.3 is 4.74 Å². The van der Waals surface area contributed by atoms with E-state index in [0.717, 1.165) is 0 Å². The first-order valence-electron chi connectivity index (χ1n) is 3.10. The molecule has 0 rings (SSSR count). The van der Waals surface area contributed by atoms with Crippen LogP contribution in [-0.2, 0) is 9.53 Å². The predicted octanol–water partition coefficient (Wildman–Crippen LogP) is 2.26. The quantitative estimate of drug-likeness (QED) is 0.391. The Labute approximate surface area is 70.0 Å². The smallest absolute Gasteiger partial charge is 0.428 e. The van der Waals surface area contributed by atoms with Gasteiger partial charge in [0.05, 0.1) is 6.61 Å². The molecule has 0 aromatic heterocycles. The molecule has 76 valence electrons. The van der Waals surface area contributed by atoms with Crippen molar-refractivity contribution >= 4 is 5.97 Å². The molecule has 0 atom stereocenters. The van der Waals surface area contributed by atoms with E-state index in [0.29, 0.717) is 0 Å². The second kappa shape index (κ2) is 4.20. The van der Waals surface area contributed by atoms with Crippen molar-refractivity contribution in [2.24, 2.45) is 0 Å². The van der Waals surface area contributed by atoms with Crippen LogP contribution in [0.5, 0.6) is 0 Å². The lowest BCUT2D eigenvalue weighted by atomic mass is 10.3. The first-order chi connectivity index (χ1) is 5.80. The molecule has 0 aliphatic rings. The Morgan fingerprint density at radius 3 is 2.00 bits per heavy atom. The van der Waals surface area contributed by atoms with E-state index >= 15 is 0 Å². The van der Waals surface area contributed by atoms with Gasteiger partial charge in [-0.1, -0.05) is 0 Å². The van der Waals surface area contributed by atoms with Gasteiger partial charge in [0.15, 0.2) is 0 Å². The number of carbonyl (C=O) groups is 1. The average Bonchev–Trinajstić information content (AvgIpc) is 1.82. The van der Waals surface area contributed by atoms with Crippen molar-refractivity contribution in [3.8, 4) is 0 Å². The molecule has 0 aromatic carbocycles. The fourth-order valence-corrected chi connectivity index (χ4v) is 0.503. The molecule has 0 saturated heterocycles. The summed E-state index contributed by atoms with van der Waals surface area (Å²) in [5.74, 6) is -2.06. The van der Waals surface area contributed by atoms with Crippen molar-refractivity contribution in [2.75, 3.05) is 6.61 Å². The molecule has 0 radical (unpaired) electrons. The normalized spacial score (nSPS) is 10.9. The summed E-state index contributed by atoms with van der Waals surface area (Å²) in [4.78, 5) is 10.4. The predicted molar refractivity (Wildman–Crippen MR) is 31.9 cm³/mol. The van der Waals surface area contributed by atoms with Crippen LogP contribution in [0.3, 0.4) is 0 Å². The maximum atomic E-state index is 11.7. The second-order valence-electron chi connectivity index (χ2n) is 1.85. The van der Waals surface area contributed by atoms with Crippen LogP contribution in [0.15, 0.2) is 11.7 Å². The summed E-state index contributed by atoms with van der Waals surface area (Å²) in [6.45, 7) is 0.813. The highest BCUT2D eigenvalue weighted by Gasteiger charge is 2.44. The molecule has 0 fully saturated rings. The van der Waals surface area contributed by atoms with Crippen molar-refractivity contribution < 1.29 is 31.5 Å². The van der Waals surface area contributed by atoms with Crippen molar-refractivity contribution in [1.29, 1.82) is 0 Å².